The minimum atomic E-state index is -2.70. The Kier molecular flexibility index (Phi) is 5.97. The molecule has 0 saturated heterocycles. The fraction of sp³-hybridized carbons (Fsp3) is 0.429. The maximum atomic E-state index is 13.9. The number of hydrogen-bond donors (Lipinski definition) is 5. The lowest BCUT2D eigenvalue weighted by Gasteiger charge is -2.53. The highest BCUT2D eigenvalue weighted by molar-refractivity contribution is 6.25. The first-order chi connectivity index (χ1) is 17.8. The van der Waals surface area contributed by atoms with Crippen molar-refractivity contribution >= 4 is 34.6 Å². The number of aliphatic hydroxyl groups excluding tert-OH is 2. The molecule has 10 heteroatoms. The highest BCUT2D eigenvalue weighted by Gasteiger charge is 2.67. The second-order valence-electron chi connectivity index (χ2n) is 10.8. The fourth-order valence-electron chi connectivity index (χ4n) is 6.98. The zero-order chi connectivity index (χ0) is 27.8. The summed E-state index contributed by atoms with van der Waals surface area (Å²) in [7, 11) is 3.20. The predicted octanol–water partition coefficient (Wildman–Crippen LogP) is 0.432. The van der Waals surface area contributed by atoms with Gasteiger partial charge in [0.25, 0.3) is 0 Å². The van der Waals surface area contributed by atoms with Gasteiger partial charge in [0, 0.05) is 23.1 Å². The van der Waals surface area contributed by atoms with Crippen LogP contribution in [0, 0.1) is 17.8 Å². The lowest BCUT2D eigenvalue weighted by molar-refractivity contribution is -0.184. The average molecular weight is 523 g/mol. The van der Waals surface area contributed by atoms with Crippen LogP contribution in [0.1, 0.15) is 36.5 Å². The summed E-state index contributed by atoms with van der Waals surface area (Å²) in [5.41, 5.74) is 4.96. The number of aliphatic hydroxyl groups is 3. The van der Waals surface area contributed by atoms with Gasteiger partial charge in [-0.05, 0) is 69.0 Å². The zero-order valence-corrected chi connectivity index (χ0v) is 21.3. The number of phenols is 1. The summed E-state index contributed by atoms with van der Waals surface area (Å²) in [5.74, 6) is -7.96. The third-order valence-electron chi connectivity index (χ3n) is 8.61. The number of benzene rings is 1. The first-order valence-corrected chi connectivity index (χ1v) is 12.5. The highest BCUT2D eigenvalue weighted by Crippen LogP contribution is 2.53. The van der Waals surface area contributed by atoms with Crippen molar-refractivity contribution in [2.75, 3.05) is 14.1 Å². The van der Waals surface area contributed by atoms with E-state index in [2.05, 4.69) is 0 Å². The Morgan fingerprint density at radius 3 is 2.45 bits per heavy atom. The van der Waals surface area contributed by atoms with Gasteiger partial charge in [-0.1, -0.05) is 18.2 Å². The van der Waals surface area contributed by atoms with Gasteiger partial charge in [0.1, 0.15) is 17.4 Å². The van der Waals surface area contributed by atoms with E-state index in [-0.39, 0.29) is 35.5 Å². The first-order valence-electron chi connectivity index (χ1n) is 12.5. The van der Waals surface area contributed by atoms with Crippen molar-refractivity contribution < 1.29 is 39.6 Å². The van der Waals surface area contributed by atoms with Crippen LogP contribution >= 0.6 is 0 Å². The predicted molar refractivity (Wildman–Crippen MR) is 135 cm³/mol. The van der Waals surface area contributed by atoms with Crippen LogP contribution in [0.4, 0.5) is 0 Å². The largest absolute Gasteiger partial charge is 0.507 e. The molecule has 2 unspecified atom stereocenters. The van der Waals surface area contributed by atoms with Crippen LogP contribution in [-0.4, -0.2) is 80.4 Å². The number of fused-ring (bicyclic) bond motifs is 3. The number of nitrogens with two attached hydrogens (primary N) is 1. The number of Topliss-reactive ketones (excluding diaryl/α,β-unsaturated/α-hetero) is 3. The molecule has 38 heavy (non-hydrogen) atoms. The number of allylic oxidation sites excluding steroid dienone is 4. The molecule has 200 valence electrons. The molecule has 1 aromatic rings. The summed E-state index contributed by atoms with van der Waals surface area (Å²) in [6.45, 7) is 1.46. The molecule has 4 aliphatic rings. The van der Waals surface area contributed by atoms with E-state index in [1.54, 1.807) is 31.1 Å². The quantitative estimate of drug-likeness (QED) is 0.351. The van der Waals surface area contributed by atoms with Crippen LogP contribution in [0.2, 0.25) is 0 Å². The number of rotatable bonds is 4. The van der Waals surface area contributed by atoms with Crippen molar-refractivity contribution in [3.63, 3.8) is 0 Å². The molecule has 6 N–H and O–H groups in total. The van der Waals surface area contributed by atoms with Crippen molar-refractivity contribution in [3.05, 3.63) is 52.1 Å². The lowest BCUT2D eigenvalue weighted by atomic mass is 9.54. The van der Waals surface area contributed by atoms with Crippen LogP contribution in [0.25, 0.3) is 11.3 Å². The molecule has 0 radical (unpaired) electrons. The fourth-order valence-corrected chi connectivity index (χ4v) is 6.98. The van der Waals surface area contributed by atoms with Crippen molar-refractivity contribution in [2.24, 2.45) is 23.5 Å². The summed E-state index contributed by atoms with van der Waals surface area (Å²) < 4.78 is 0. The van der Waals surface area contributed by atoms with Gasteiger partial charge >= 0.3 is 0 Å². The number of aromatic hydroxyl groups is 1. The van der Waals surface area contributed by atoms with Gasteiger partial charge in [-0.3, -0.25) is 19.2 Å². The van der Waals surface area contributed by atoms with E-state index >= 15 is 0 Å². The van der Waals surface area contributed by atoms with E-state index < -0.39 is 58.7 Å². The van der Waals surface area contributed by atoms with Crippen LogP contribution in [0.5, 0.6) is 5.75 Å². The highest BCUT2D eigenvalue weighted by atomic mass is 16.3. The molecule has 10 nitrogen and oxygen atoms in total. The minimum Gasteiger partial charge on any atom is -0.507 e. The Bertz CT molecular complexity index is 1400. The molecule has 0 aliphatic heterocycles. The number of carbonyl (C=O) groups excluding carboxylic acids is 4. The van der Waals surface area contributed by atoms with Gasteiger partial charge in [0.2, 0.25) is 11.7 Å². The molecular formula is C28H30N2O8. The van der Waals surface area contributed by atoms with Crippen molar-refractivity contribution in [2.45, 2.75) is 43.9 Å². The number of carbonyl (C=O) groups is 4. The van der Waals surface area contributed by atoms with E-state index in [0.717, 1.165) is 5.57 Å². The molecule has 0 heterocycles. The third kappa shape index (κ3) is 3.37. The summed E-state index contributed by atoms with van der Waals surface area (Å²) in [4.78, 5) is 53.2. The van der Waals surface area contributed by atoms with Crippen LogP contribution < -0.4 is 5.73 Å². The Morgan fingerprint density at radius 2 is 1.84 bits per heavy atom. The monoisotopic (exact) mass is 522 g/mol. The summed E-state index contributed by atoms with van der Waals surface area (Å²) in [6, 6.07) is 2.08. The normalized spacial score (nSPS) is 32.4. The van der Waals surface area contributed by atoms with Crippen LogP contribution in [0.15, 0.2) is 35.4 Å². The van der Waals surface area contributed by atoms with Gasteiger partial charge in [0.05, 0.1) is 11.7 Å². The zero-order valence-electron chi connectivity index (χ0n) is 21.3. The minimum absolute atomic E-state index is 0.00496. The number of nitrogens with zero attached hydrogens (tertiary/aromatic N) is 1. The Hall–Kier alpha value is -3.60. The number of likely N-dealkylation sites (N-methyl/N-ethyl adjacent to an activating group) is 1. The second kappa shape index (κ2) is 8.72. The maximum Gasteiger partial charge on any atom is 0.230 e. The smallest absolute Gasteiger partial charge is 0.230 e. The Morgan fingerprint density at radius 1 is 1.16 bits per heavy atom. The standard InChI is InChI=1S/C28H30N2O8/c1-11(31)13-5-4-6-14(13)15-7-8-18(32)20-16(15)9-12-10-17-22(30(2)3)24(34)21(27(29)37)26(36)28(17,38)25(35)19(12)23(20)33/h4-5,7-8,12,17,21-22,24,32-34,38H,6,9-10H2,1-3H3,(H2,29,37)/t12-,17-,21?,22-,24?,28-/m1/s1. The molecule has 5 rings (SSSR count). The van der Waals surface area contributed by atoms with Gasteiger partial charge < -0.3 is 31.1 Å². The van der Waals surface area contributed by atoms with Crippen molar-refractivity contribution in [1.29, 1.82) is 0 Å². The van der Waals surface area contributed by atoms with Crippen LogP contribution in [0.3, 0.4) is 0 Å². The first kappa shape index (κ1) is 26.0. The number of amides is 1. The molecule has 1 aromatic carbocycles. The maximum absolute atomic E-state index is 13.9. The van der Waals surface area contributed by atoms with Crippen LogP contribution in [-0.2, 0) is 25.6 Å². The van der Waals surface area contributed by atoms with Crippen molar-refractivity contribution in [3.8, 4) is 5.75 Å². The molecule has 0 spiro atoms. The van der Waals surface area contributed by atoms with Gasteiger partial charge in [0.15, 0.2) is 17.2 Å². The topological polar surface area (TPSA) is 178 Å². The second-order valence-corrected chi connectivity index (χ2v) is 10.8. The van der Waals surface area contributed by atoms with Gasteiger partial charge in [-0.2, -0.15) is 0 Å². The van der Waals surface area contributed by atoms with Gasteiger partial charge in [-0.25, -0.2) is 0 Å². The lowest BCUT2D eigenvalue weighted by Crippen LogP contribution is -2.73. The van der Waals surface area contributed by atoms with E-state index in [0.29, 0.717) is 23.1 Å². The molecule has 2 fully saturated rings. The molecule has 0 bridgehead atoms. The SMILES string of the molecule is CC(=O)C1=C(c2ccc(O)c3c2C[C@@H]2C[C@@H]4[C@@H](N(C)C)C(O)C(C(N)=O)C(=O)[C@]4(O)C(=O)C2=C3O)CC=C1. The van der Waals surface area contributed by atoms with E-state index in [1.807, 2.05) is 6.08 Å². The molecular weight excluding hydrogens is 492 g/mol. The summed E-state index contributed by atoms with van der Waals surface area (Å²) in [6.07, 6.45) is 2.73. The molecule has 2 saturated carbocycles. The van der Waals surface area contributed by atoms with E-state index in [9.17, 15) is 39.6 Å². The number of phenolic OH excluding ortho intramolecular Hbond substituents is 1. The molecule has 1 amide bonds. The average Bonchev–Trinajstić information content (AvgIpc) is 3.31. The molecule has 6 atom stereocenters. The number of ketones is 3. The van der Waals surface area contributed by atoms with Gasteiger partial charge in [-0.15, -0.1) is 0 Å². The van der Waals surface area contributed by atoms with E-state index in [1.165, 1.54) is 13.0 Å². The Labute approximate surface area is 218 Å². The number of hydrogen-bond acceptors (Lipinski definition) is 9. The van der Waals surface area contributed by atoms with E-state index in [4.69, 9.17) is 5.73 Å². The number of primary amides is 1. The molecule has 0 aromatic heterocycles. The Balaban J connectivity index is 1.71. The summed E-state index contributed by atoms with van der Waals surface area (Å²) in [5, 5.41) is 44.7. The summed E-state index contributed by atoms with van der Waals surface area (Å²) >= 11 is 0. The molecule has 4 aliphatic carbocycles. The third-order valence-corrected chi connectivity index (χ3v) is 8.61. The van der Waals surface area contributed by atoms with Crippen molar-refractivity contribution in [1.82, 2.24) is 4.90 Å².